The predicted octanol–water partition coefficient (Wildman–Crippen LogP) is 2.27. The van der Waals surface area contributed by atoms with Gasteiger partial charge in [0, 0.05) is 19.2 Å². The van der Waals surface area contributed by atoms with Crippen molar-refractivity contribution in [1.29, 1.82) is 0 Å². The number of nitrogens with zero attached hydrogens (tertiary/aromatic N) is 1. The fraction of sp³-hybridized carbons (Fsp3) is 0.333. The average molecular weight is 290 g/mol. The van der Waals surface area contributed by atoms with E-state index in [1.165, 1.54) is 19.2 Å². The van der Waals surface area contributed by atoms with Crippen molar-refractivity contribution in [3.05, 3.63) is 23.8 Å². The summed E-state index contributed by atoms with van der Waals surface area (Å²) in [6, 6.07) is 3.80. The molecule has 0 aliphatic rings. The Kier molecular flexibility index (Phi) is 4.59. The van der Waals surface area contributed by atoms with Gasteiger partial charge in [-0.2, -0.15) is 13.2 Å². The number of carboxylic acid groups (broad SMARTS) is 1. The summed E-state index contributed by atoms with van der Waals surface area (Å²) in [4.78, 5) is 23.6. The smallest absolute Gasteiger partial charge is 0.389 e. The number of carboxylic acids is 1. The van der Waals surface area contributed by atoms with Crippen LogP contribution in [0.4, 0.5) is 24.5 Å². The number of amides is 1. The van der Waals surface area contributed by atoms with E-state index in [0.717, 1.165) is 11.0 Å². The molecule has 0 bridgehead atoms. The van der Waals surface area contributed by atoms with Crippen molar-refractivity contribution in [3.63, 3.8) is 0 Å². The lowest BCUT2D eigenvalue weighted by Gasteiger charge is -2.20. The third-order valence-corrected chi connectivity index (χ3v) is 2.61. The SMILES string of the molecule is CN(C(=O)CCC(F)(F)F)c1ccc(N)cc1C(=O)O. The summed E-state index contributed by atoms with van der Waals surface area (Å²) < 4.78 is 36.2. The van der Waals surface area contributed by atoms with E-state index < -0.39 is 30.9 Å². The molecule has 0 atom stereocenters. The molecule has 0 aliphatic carbocycles. The zero-order chi connectivity index (χ0) is 15.5. The molecule has 0 unspecified atom stereocenters. The minimum absolute atomic E-state index is 0.00104. The Morgan fingerprint density at radius 2 is 1.95 bits per heavy atom. The highest BCUT2D eigenvalue weighted by atomic mass is 19.4. The van der Waals surface area contributed by atoms with Crippen LogP contribution in [0, 0.1) is 0 Å². The van der Waals surface area contributed by atoms with E-state index in [1.807, 2.05) is 0 Å². The van der Waals surface area contributed by atoms with Gasteiger partial charge in [0.2, 0.25) is 5.91 Å². The first kappa shape index (κ1) is 15.8. The lowest BCUT2D eigenvalue weighted by molar-refractivity contribution is -0.142. The molecule has 1 amide bonds. The van der Waals surface area contributed by atoms with Gasteiger partial charge in [-0.05, 0) is 18.2 Å². The Morgan fingerprint density at radius 1 is 1.35 bits per heavy atom. The summed E-state index contributed by atoms with van der Waals surface area (Å²) >= 11 is 0. The summed E-state index contributed by atoms with van der Waals surface area (Å²) in [6.07, 6.45) is -6.44. The first-order valence-electron chi connectivity index (χ1n) is 5.58. The van der Waals surface area contributed by atoms with Crippen LogP contribution in [0.25, 0.3) is 0 Å². The summed E-state index contributed by atoms with van der Waals surface area (Å²) in [5.41, 5.74) is 5.38. The van der Waals surface area contributed by atoms with Crippen LogP contribution in [0.15, 0.2) is 18.2 Å². The summed E-state index contributed by atoms with van der Waals surface area (Å²) in [7, 11) is 1.22. The number of rotatable bonds is 4. The molecule has 110 valence electrons. The number of carbonyl (C=O) groups is 2. The topological polar surface area (TPSA) is 83.6 Å². The molecular formula is C12H13F3N2O3. The molecule has 1 aromatic carbocycles. The molecule has 5 nitrogen and oxygen atoms in total. The number of anilines is 2. The van der Waals surface area contributed by atoms with Crippen LogP contribution >= 0.6 is 0 Å². The molecule has 20 heavy (non-hydrogen) atoms. The number of hydrogen-bond acceptors (Lipinski definition) is 3. The maximum absolute atomic E-state index is 12.1. The Bertz CT molecular complexity index is 529. The molecule has 0 aliphatic heterocycles. The number of hydrogen-bond donors (Lipinski definition) is 2. The van der Waals surface area contributed by atoms with Gasteiger partial charge in [-0.1, -0.05) is 0 Å². The molecule has 0 heterocycles. The highest BCUT2D eigenvalue weighted by Crippen LogP contribution is 2.25. The van der Waals surface area contributed by atoms with Crippen molar-refractivity contribution < 1.29 is 27.9 Å². The normalized spacial score (nSPS) is 11.2. The van der Waals surface area contributed by atoms with Crippen LogP contribution in [0.5, 0.6) is 0 Å². The molecule has 8 heteroatoms. The van der Waals surface area contributed by atoms with Gasteiger partial charge in [0.15, 0.2) is 0 Å². The van der Waals surface area contributed by atoms with Gasteiger partial charge in [0.1, 0.15) is 0 Å². The number of benzene rings is 1. The molecule has 0 aromatic heterocycles. The van der Waals surface area contributed by atoms with Crippen LogP contribution in [-0.2, 0) is 4.79 Å². The van der Waals surface area contributed by atoms with Gasteiger partial charge in [-0.25, -0.2) is 4.79 Å². The molecule has 3 N–H and O–H groups in total. The molecule has 1 aromatic rings. The first-order chi connectivity index (χ1) is 9.11. The van der Waals surface area contributed by atoms with Crippen molar-refractivity contribution >= 4 is 23.3 Å². The van der Waals surface area contributed by atoms with E-state index in [2.05, 4.69) is 0 Å². The number of nitrogens with two attached hydrogens (primary N) is 1. The number of carbonyl (C=O) groups excluding carboxylic acids is 1. The fourth-order valence-corrected chi connectivity index (χ4v) is 1.57. The van der Waals surface area contributed by atoms with Gasteiger partial charge in [-0.15, -0.1) is 0 Å². The van der Waals surface area contributed by atoms with Crippen molar-refractivity contribution in [2.45, 2.75) is 19.0 Å². The highest BCUT2D eigenvalue weighted by Gasteiger charge is 2.29. The van der Waals surface area contributed by atoms with Crippen LogP contribution in [-0.4, -0.2) is 30.2 Å². The van der Waals surface area contributed by atoms with Crippen LogP contribution in [0.1, 0.15) is 23.2 Å². The lowest BCUT2D eigenvalue weighted by Crippen LogP contribution is -2.29. The van der Waals surface area contributed by atoms with Gasteiger partial charge >= 0.3 is 12.1 Å². The summed E-state index contributed by atoms with van der Waals surface area (Å²) in [5, 5.41) is 9.01. The number of aromatic carboxylic acids is 1. The molecule has 0 fully saturated rings. The second-order valence-corrected chi connectivity index (χ2v) is 4.15. The minimum atomic E-state index is -4.44. The Hall–Kier alpha value is -2.25. The Labute approximate surface area is 112 Å². The number of halogens is 3. The number of alkyl halides is 3. The third kappa shape index (κ3) is 4.15. The van der Waals surface area contributed by atoms with Crippen LogP contribution in [0.2, 0.25) is 0 Å². The molecule has 0 radical (unpaired) electrons. The molecule has 0 spiro atoms. The van der Waals surface area contributed by atoms with E-state index in [1.54, 1.807) is 0 Å². The average Bonchev–Trinajstić information content (AvgIpc) is 2.34. The van der Waals surface area contributed by atoms with Crippen LogP contribution < -0.4 is 10.6 Å². The van der Waals surface area contributed by atoms with Gasteiger partial charge in [0.05, 0.1) is 17.7 Å². The standard InChI is InChI=1S/C12H13F3N2O3/c1-17(10(18)4-5-12(13,14)15)9-3-2-7(16)6-8(9)11(19)20/h2-3,6H,4-5,16H2,1H3,(H,19,20). The third-order valence-electron chi connectivity index (χ3n) is 2.61. The van der Waals surface area contributed by atoms with Crippen molar-refractivity contribution in [1.82, 2.24) is 0 Å². The minimum Gasteiger partial charge on any atom is -0.478 e. The second kappa shape index (κ2) is 5.81. The quantitative estimate of drug-likeness (QED) is 0.833. The number of nitrogen functional groups attached to an aromatic ring is 1. The monoisotopic (exact) mass is 290 g/mol. The first-order valence-corrected chi connectivity index (χ1v) is 5.58. The molecule has 1 rings (SSSR count). The largest absolute Gasteiger partial charge is 0.478 e. The fourth-order valence-electron chi connectivity index (χ4n) is 1.57. The van der Waals surface area contributed by atoms with Gasteiger partial charge in [-0.3, -0.25) is 4.79 Å². The Morgan fingerprint density at radius 3 is 2.45 bits per heavy atom. The lowest BCUT2D eigenvalue weighted by atomic mass is 10.1. The molecule has 0 saturated heterocycles. The van der Waals surface area contributed by atoms with E-state index in [0.29, 0.717) is 0 Å². The van der Waals surface area contributed by atoms with Crippen LogP contribution in [0.3, 0.4) is 0 Å². The van der Waals surface area contributed by atoms with Gasteiger partial charge < -0.3 is 15.7 Å². The zero-order valence-corrected chi connectivity index (χ0v) is 10.6. The van der Waals surface area contributed by atoms with E-state index >= 15 is 0 Å². The summed E-state index contributed by atoms with van der Waals surface area (Å²) in [5.74, 6) is -2.14. The Balaban J connectivity index is 2.94. The maximum atomic E-state index is 12.1. The predicted molar refractivity (Wildman–Crippen MR) is 66.5 cm³/mol. The van der Waals surface area contributed by atoms with E-state index in [-0.39, 0.29) is 16.9 Å². The summed E-state index contributed by atoms with van der Waals surface area (Å²) in [6.45, 7) is 0. The zero-order valence-electron chi connectivity index (χ0n) is 10.6. The van der Waals surface area contributed by atoms with Crippen molar-refractivity contribution in [3.8, 4) is 0 Å². The van der Waals surface area contributed by atoms with Crippen molar-refractivity contribution in [2.75, 3.05) is 17.7 Å². The van der Waals surface area contributed by atoms with E-state index in [9.17, 15) is 22.8 Å². The maximum Gasteiger partial charge on any atom is 0.389 e. The molecule has 0 saturated carbocycles. The van der Waals surface area contributed by atoms with Gasteiger partial charge in [0.25, 0.3) is 0 Å². The highest BCUT2D eigenvalue weighted by molar-refractivity contribution is 6.02. The van der Waals surface area contributed by atoms with Crippen molar-refractivity contribution in [2.24, 2.45) is 0 Å². The molecular weight excluding hydrogens is 277 g/mol. The second-order valence-electron chi connectivity index (χ2n) is 4.15. The van der Waals surface area contributed by atoms with E-state index in [4.69, 9.17) is 10.8 Å².